The number of likely N-dealkylation sites (tertiary alicyclic amines) is 1. The molecule has 1 saturated heterocycles. The molecule has 138 valence electrons. The maximum Gasteiger partial charge on any atom is 0.325 e. The minimum Gasteiger partial charge on any atom is -0.480 e. The van der Waals surface area contributed by atoms with Crippen molar-refractivity contribution in [3.05, 3.63) is 65.5 Å². The summed E-state index contributed by atoms with van der Waals surface area (Å²) in [6.07, 6.45) is 5.28. The van der Waals surface area contributed by atoms with Gasteiger partial charge in [0.25, 0.3) is 0 Å². The lowest BCUT2D eigenvalue weighted by atomic mass is 9.99. The average Bonchev–Trinajstić information content (AvgIpc) is 2.68. The van der Waals surface area contributed by atoms with Crippen LogP contribution in [0.5, 0.6) is 0 Å². The summed E-state index contributed by atoms with van der Waals surface area (Å²) in [6.45, 7) is 1.84. The zero-order valence-electron chi connectivity index (χ0n) is 14.6. The zero-order valence-corrected chi connectivity index (χ0v) is 14.6. The Hall–Kier alpha value is -2.28. The van der Waals surface area contributed by atoms with Crippen LogP contribution in [-0.2, 0) is 22.7 Å². The lowest BCUT2D eigenvalue weighted by molar-refractivity contribution is -0.145. The fraction of sp³-hybridized carbons (Fsp3) is 0.400. The molecule has 0 spiro atoms. The van der Waals surface area contributed by atoms with Crippen LogP contribution in [0.3, 0.4) is 0 Å². The van der Waals surface area contributed by atoms with Crippen molar-refractivity contribution in [1.29, 1.82) is 0 Å². The third-order valence-corrected chi connectivity index (χ3v) is 4.76. The van der Waals surface area contributed by atoms with Gasteiger partial charge in [-0.05, 0) is 35.6 Å². The van der Waals surface area contributed by atoms with Crippen LogP contribution in [0.1, 0.15) is 35.6 Å². The Morgan fingerprint density at radius 1 is 1.19 bits per heavy atom. The molecule has 0 aliphatic carbocycles. The quantitative estimate of drug-likeness (QED) is 0.793. The largest absolute Gasteiger partial charge is 0.480 e. The van der Waals surface area contributed by atoms with Crippen LogP contribution >= 0.6 is 0 Å². The topological polar surface area (TPSA) is 82.9 Å². The van der Waals surface area contributed by atoms with Crippen LogP contribution in [0.25, 0.3) is 0 Å². The van der Waals surface area contributed by atoms with Gasteiger partial charge in [-0.15, -0.1) is 0 Å². The first-order valence-electron chi connectivity index (χ1n) is 8.84. The number of carbonyl (C=O) groups is 1. The van der Waals surface area contributed by atoms with Crippen molar-refractivity contribution < 1.29 is 19.7 Å². The van der Waals surface area contributed by atoms with E-state index in [1.807, 2.05) is 17.0 Å². The first-order chi connectivity index (χ1) is 12.7. The van der Waals surface area contributed by atoms with Gasteiger partial charge < -0.3 is 14.9 Å². The summed E-state index contributed by atoms with van der Waals surface area (Å²) in [5, 5.41) is 18.8. The fourth-order valence-electron chi connectivity index (χ4n) is 3.31. The van der Waals surface area contributed by atoms with Gasteiger partial charge in [-0.3, -0.25) is 14.7 Å². The smallest absolute Gasteiger partial charge is 0.325 e. The van der Waals surface area contributed by atoms with E-state index < -0.39 is 12.0 Å². The molecular weight excluding hydrogens is 332 g/mol. The Kier molecular flexibility index (Phi) is 6.33. The maximum absolute atomic E-state index is 11.8. The Morgan fingerprint density at radius 3 is 2.50 bits per heavy atom. The predicted molar refractivity (Wildman–Crippen MR) is 96.4 cm³/mol. The Labute approximate surface area is 153 Å². The van der Waals surface area contributed by atoms with Gasteiger partial charge in [0.2, 0.25) is 0 Å². The highest BCUT2D eigenvalue weighted by Crippen LogP contribution is 2.26. The number of pyridine rings is 1. The number of aliphatic carboxylic acids is 1. The first kappa shape index (κ1) is 18.5. The standard InChI is InChI=1S/C20H24N2O4/c23-13-15-3-5-17(6-4-15)19(20(24)25)22-10-7-18(8-11-22)26-14-16-2-1-9-21-12-16/h1-6,9,12,18-19,23H,7-8,10-11,13-14H2,(H,24,25)/t19-/m0/s1. The number of rotatable bonds is 7. The van der Waals surface area contributed by atoms with Crippen molar-refractivity contribution in [2.45, 2.75) is 38.2 Å². The second-order valence-corrected chi connectivity index (χ2v) is 6.55. The van der Waals surface area contributed by atoms with Crippen molar-refractivity contribution in [1.82, 2.24) is 9.88 Å². The zero-order chi connectivity index (χ0) is 18.4. The summed E-state index contributed by atoms with van der Waals surface area (Å²) >= 11 is 0. The number of hydrogen-bond donors (Lipinski definition) is 2. The molecule has 0 saturated carbocycles. The summed E-state index contributed by atoms with van der Waals surface area (Å²) in [7, 11) is 0. The molecule has 6 heteroatoms. The van der Waals surface area contributed by atoms with E-state index in [9.17, 15) is 9.90 Å². The van der Waals surface area contributed by atoms with Crippen LogP contribution in [0.4, 0.5) is 0 Å². The number of carboxylic acids is 1. The normalized spacial score (nSPS) is 17.1. The van der Waals surface area contributed by atoms with Crippen molar-refractivity contribution in [2.24, 2.45) is 0 Å². The highest BCUT2D eigenvalue weighted by molar-refractivity contribution is 5.75. The summed E-state index contributed by atoms with van der Waals surface area (Å²) in [5.41, 5.74) is 2.56. The van der Waals surface area contributed by atoms with Crippen LogP contribution in [0.2, 0.25) is 0 Å². The molecule has 0 amide bonds. The monoisotopic (exact) mass is 356 g/mol. The molecule has 1 fully saturated rings. The molecule has 1 aliphatic rings. The first-order valence-corrected chi connectivity index (χ1v) is 8.84. The van der Waals surface area contributed by atoms with E-state index in [0.29, 0.717) is 19.7 Å². The molecule has 0 bridgehead atoms. The van der Waals surface area contributed by atoms with E-state index in [2.05, 4.69) is 4.98 Å². The van der Waals surface area contributed by atoms with Gasteiger partial charge in [-0.1, -0.05) is 30.3 Å². The molecule has 0 radical (unpaired) electrons. The van der Waals surface area contributed by atoms with E-state index in [1.165, 1.54) is 0 Å². The molecule has 2 heterocycles. The van der Waals surface area contributed by atoms with Gasteiger partial charge in [0.05, 0.1) is 19.3 Å². The third-order valence-electron chi connectivity index (χ3n) is 4.76. The third kappa shape index (κ3) is 4.66. The number of carboxylic acid groups (broad SMARTS) is 1. The molecule has 26 heavy (non-hydrogen) atoms. The highest BCUT2D eigenvalue weighted by Gasteiger charge is 2.31. The van der Waals surface area contributed by atoms with Gasteiger partial charge in [-0.2, -0.15) is 0 Å². The summed E-state index contributed by atoms with van der Waals surface area (Å²) in [5.74, 6) is -0.850. The summed E-state index contributed by atoms with van der Waals surface area (Å²) in [4.78, 5) is 17.9. The number of hydrogen-bond acceptors (Lipinski definition) is 5. The van der Waals surface area contributed by atoms with Crippen LogP contribution in [0, 0.1) is 0 Å². The highest BCUT2D eigenvalue weighted by atomic mass is 16.5. The molecule has 6 nitrogen and oxygen atoms in total. The molecule has 0 unspecified atom stereocenters. The average molecular weight is 356 g/mol. The molecule has 2 N–H and O–H groups in total. The molecule has 3 rings (SSSR count). The molecule has 2 aromatic rings. The lowest BCUT2D eigenvalue weighted by Crippen LogP contribution is -2.42. The van der Waals surface area contributed by atoms with Crippen molar-refractivity contribution in [2.75, 3.05) is 13.1 Å². The number of aliphatic hydroxyl groups excluding tert-OH is 1. The van der Waals surface area contributed by atoms with E-state index in [1.54, 1.807) is 36.7 Å². The van der Waals surface area contributed by atoms with Crippen molar-refractivity contribution >= 4 is 5.97 Å². The summed E-state index contributed by atoms with van der Waals surface area (Å²) < 4.78 is 5.95. The van der Waals surface area contributed by atoms with Crippen LogP contribution in [0.15, 0.2) is 48.8 Å². The number of benzene rings is 1. The lowest BCUT2D eigenvalue weighted by Gasteiger charge is -2.35. The van der Waals surface area contributed by atoms with Crippen LogP contribution in [-0.4, -0.2) is 45.3 Å². The minimum atomic E-state index is -0.850. The van der Waals surface area contributed by atoms with Crippen molar-refractivity contribution in [3.8, 4) is 0 Å². The second-order valence-electron chi connectivity index (χ2n) is 6.55. The predicted octanol–water partition coefficient (Wildman–Crippen LogP) is 2.38. The number of aromatic nitrogens is 1. The van der Waals surface area contributed by atoms with Gasteiger partial charge in [-0.25, -0.2) is 0 Å². The van der Waals surface area contributed by atoms with E-state index >= 15 is 0 Å². The Balaban J connectivity index is 1.56. The molecule has 1 aromatic heterocycles. The van der Waals surface area contributed by atoms with Crippen molar-refractivity contribution in [3.63, 3.8) is 0 Å². The number of piperidine rings is 1. The Bertz CT molecular complexity index is 698. The minimum absolute atomic E-state index is 0.0440. The molecule has 1 atom stereocenters. The van der Waals surface area contributed by atoms with E-state index in [0.717, 1.165) is 29.5 Å². The number of nitrogens with zero attached hydrogens (tertiary/aromatic N) is 2. The summed E-state index contributed by atoms with van der Waals surface area (Å²) in [6, 6.07) is 10.3. The van der Waals surface area contributed by atoms with E-state index in [-0.39, 0.29) is 12.7 Å². The number of ether oxygens (including phenoxy) is 1. The van der Waals surface area contributed by atoms with Gasteiger partial charge >= 0.3 is 5.97 Å². The molecular formula is C20H24N2O4. The van der Waals surface area contributed by atoms with Gasteiger partial charge in [0.1, 0.15) is 6.04 Å². The fourth-order valence-corrected chi connectivity index (χ4v) is 3.31. The van der Waals surface area contributed by atoms with Crippen LogP contribution < -0.4 is 0 Å². The number of aliphatic hydroxyl groups is 1. The molecule has 1 aliphatic heterocycles. The maximum atomic E-state index is 11.8. The van der Waals surface area contributed by atoms with E-state index in [4.69, 9.17) is 9.84 Å². The molecule has 1 aromatic carbocycles. The second kappa shape index (κ2) is 8.89. The van der Waals surface area contributed by atoms with Gasteiger partial charge in [0, 0.05) is 25.5 Å². The van der Waals surface area contributed by atoms with Gasteiger partial charge in [0.15, 0.2) is 0 Å². The Morgan fingerprint density at radius 2 is 1.92 bits per heavy atom. The SMILES string of the molecule is O=C(O)[C@H](c1ccc(CO)cc1)N1CCC(OCc2cccnc2)CC1.